The lowest BCUT2D eigenvalue weighted by atomic mass is 10.0. The molecule has 1 unspecified atom stereocenters. The summed E-state index contributed by atoms with van der Waals surface area (Å²) in [6.45, 7) is 7.62. The summed E-state index contributed by atoms with van der Waals surface area (Å²) in [7, 11) is -4.20. The molecule has 44 heavy (non-hydrogen) atoms. The molecule has 0 heterocycles. The van der Waals surface area contributed by atoms with E-state index in [0.717, 1.165) is 32.1 Å². The topological polar surface area (TPSA) is 86.8 Å². The maximum atomic E-state index is 14.4. The Kier molecular flexibility index (Phi) is 10.8. The molecule has 0 saturated heterocycles. The van der Waals surface area contributed by atoms with Gasteiger partial charge in [-0.2, -0.15) is 0 Å². The summed E-state index contributed by atoms with van der Waals surface area (Å²) in [5.41, 5.74) is 4.99. The van der Waals surface area contributed by atoms with Gasteiger partial charge in [0.2, 0.25) is 11.8 Å². The third-order valence-electron chi connectivity index (χ3n) is 7.55. The summed E-state index contributed by atoms with van der Waals surface area (Å²) in [6.07, 6.45) is 0.262. The quantitative estimate of drug-likeness (QED) is 0.201. The largest absolute Gasteiger partial charge is 0.355 e. The highest BCUT2D eigenvalue weighted by atomic mass is 35.5. The van der Waals surface area contributed by atoms with Gasteiger partial charge in [-0.15, -0.1) is 0 Å². The summed E-state index contributed by atoms with van der Waals surface area (Å²) in [5.74, 6) is -0.816. The van der Waals surface area contributed by atoms with Crippen molar-refractivity contribution in [3.05, 3.63) is 130 Å². The van der Waals surface area contributed by atoms with Crippen LogP contribution in [0.1, 0.15) is 34.7 Å². The summed E-state index contributed by atoms with van der Waals surface area (Å²) in [4.78, 5) is 29.5. The van der Waals surface area contributed by atoms with Crippen LogP contribution in [0.4, 0.5) is 5.69 Å². The minimum atomic E-state index is -4.20. The lowest BCUT2D eigenvalue weighted by Crippen LogP contribution is -2.53. The SMILES string of the molecule is CCNC(=O)C(Cc1ccccc1)N(Cc1ccc(C)cc1)C(=O)CN(c1ccc(C)c(C)c1)S(=O)(=O)c1ccc(Cl)cc1. The molecule has 0 aliphatic rings. The average Bonchev–Trinajstić information content (AvgIpc) is 3.00. The standard InChI is InChI=1S/C35H38ClN3O4S/c1-5-37-35(41)33(22-28-9-7-6-8-10-28)38(23-29-14-11-25(2)12-15-29)34(40)24-39(31-18-13-26(3)27(4)21-31)44(42,43)32-19-16-30(36)17-20-32/h6-21,33H,5,22-24H2,1-4H3,(H,37,41). The van der Waals surface area contributed by atoms with Crippen LogP contribution in [0.5, 0.6) is 0 Å². The maximum Gasteiger partial charge on any atom is 0.264 e. The Morgan fingerprint density at radius 1 is 0.818 bits per heavy atom. The van der Waals surface area contributed by atoms with Gasteiger partial charge in [-0.25, -0.2) is 8.42 Å². The number of hydrogen-bond donors (Lipinski definition) is 1. The number of sulfonamides is 1. The molecule has 4 aromatic carbocycles. The zero-order valence-electron chi connectivity index (χ0n) is 25.5. The number of hydrogen-bond acceptors (Lipinski definition) is 4. The second-order valence-corrected chi connectivity index (χ2v) is 13.1. The van der Waals surface area contributed by atoms with Crippen LogP contribution in [0.25, 0.3) is 0 Å². The van der Waals surface area contributed by atoms with Gasteiger partial charge in [0.1, 0.15) is 12.6 Å². The smallest absolute Gasteiger partial charge is 0.264 e. The highest BCUT2D eigenvalue weighted by molar-refractivity contribution is 7.92. The van der Waals surface area contributed by atoms with Crippen LogP contribution in [0.2, 0.25) is 5.02 Å². The van der Waals surface area contributed by atoms with Crippen molar-refractivity contribution < 1.29 is 18.0 Å². The van der Waals surface area contributed by atoms with Crippen LogP contribution in [-0.4, -0.2) is 44.3 Å². The fourth-order valence-corrected chi connectivity index (χ4v) is 6.41. The second-order valence-electron chi connectivity index (χ2n) is 10.8. The molecule has 0 aliphatic carbocycles. The number of halogens is 1. The Balaban J connectivity index is 1.81. The van der Waals surface area contributed by atoms with E-state index in [9.17, 15) is 18.0 Å². The van der Waals surface area contributed by atoms with Gasteiger partial charge >= 0.3 is 0 Å². The predicted molar refractivity (Wildman–Crippen MR) is 176 cm³/mol. The van der Waals surface area contributed by atoms with E-state index in [1.807, 2.05) is 88.4 Å². The van der Waals surface area contributed by atoms with E-state index < -0.39 is 28.5 Å². The van der Waals surface area contributed by atoms with E-state index in [1.165, 1.54) is 29.2 Å². The van der Waals surface area contributed by atoms with E-state index in [4.69, 9.17) is 11.6 Å². The molecule has 4 rings (SSSR count). The van der Waals surface area contributed by atoms with Crippen LogP contribution in [0.3, 0.4) is 0 Å². The summed E-state index contributed by atoms with van der Waals surface area (Å²) in [5, 5.41) is 3.28. The normalized spacial score (nSPS) is 11.9. The number of aryl methyl sites for hydroxylation is 3. The van der Waals surface area contributed by atoms with Crippen molar-refractivity contribution in [3.63, 3.8) is 0 Å². The first-order chi connectivity index (χ1) is 21.0. The van der Waals surface area contributed by atoms with Crippen molar-refractivity contribution in [1.82, 2.24) is 10.2 Å². The number of benzene rings is 4. The lowest BCUT2D eigenvalue weighted by Gasteiger charge is -2.34. The molecule has 0 spiro atoms. The molecule has 1 N–H and O–H groups in total. The van der Waals surface area contributed by atoms with Crippen LogP contribution in [0.15, 0.2) is 102 Å². The molecule has 0 saturated carbocycles. The molecule has 0 bridgehead atoms. The molecule has 7 nitrogen and oxygen atoms in total. The molecule has 0 radical (unpaired) electrons. The van der Waals surface area contributed by atoms with E-state index in [1.54, 1.807) is 12.1 Å². The highest BCUT2D eigenvalue weighted by Gasteiger charge is 2.34. The predicted octanol–water partition coefficient (Wildman–Crippen LogP) is 6.24. The highest BCUT2D eigenvalue weighted by Crippen LogP contribution is 2.27. The van der Waals surface area contributed by atoms with Crippen molar-refractivity contribution >= 4 is 39.1 Å². The van der Waals surface area contributed by atoms with Gasteiger partial charge in [0.05, 0.1) is 10.6 Å². The van der Waals surface area contributed by atoms with Crippen LogP contribution < -0.4 is 9.62 Å². The van der Waals surface area contributed by atoms with Gasteiger partial charge in [0.15, 0.2) is 0 Å². The minimum absolute atomic E-state index is 0.00238. The van der Waals surface area contributed by atoms with Crippen molar-refractivity contribution in [3.8, 4) is 0 Å². The second kappa shape index (κ2) is 14.6. The first-order valence-corrected chi connectivity index (χ1v) is 16.3. The summed E-state index contributed by atoms with van der Waals surface area (Å²) in [6, 6.07) is 27.5. The van der Waals surface area contributed by atoms with Crippen LogP contribution >= 0.6 is 11.6 Å². The molecule has 2 amide bonds. The van der Waals surface area contributed by atoms with E-state index in [0.29, 0.717) is 17.3 Å². The molecular formula is C35H38ClN3O4S. The molecular weight excluding hydrogens is 594 g/mol. The first-order valence-electron chi connectivity index (χ1n) is 14.5. The van der Waals surface area contributed by atoms with Gasteiger partial charge in [0, 0.05) is 24.5 Å². The van der Waals surface area contributed by atoms with Crippen LogP contribution in [0, 0.1) is 20.8 Å². The number of nitrogens with zero attached hydrogens (tertiary/aromatic N) is 2. The number of nitrogens with one attached hydrogen (secondary N) is 1. The van der Waals surface area contributed by atoms with Gasteiger partial charge in [-0.3, -0.25) is 13.9 Å². The van der Waals surface area contributed by atoms with Gasteiger partial charge in [-0.1, -0.05) is 77.8 Å². The molecule has 0 aromatic heterocycles. The van der Waals surface area contributed by atoms with Gasteiger partial charge in [-0.05, 0) is 86.3 Å². The molecule has 0 aliphatic heterocycles. The van der Waals surface area contributed by atoms with Gasteiger partial charge < -0.3 is 10.2 Å². The number of likely N-dealkylation sites (N-methyl/N-ethyl adjacent to an activating group) is 1. The van der Waals surface area contributed by atoms with Crippen molar-refractivity contribution in [2.24, 2.45) is 0 Å². The molecule has 4 aromatic rings. The number of amides is 2. The average molecular weight is 632 g/mol. The maximum absolute atomic E-state index is 14.4. The van der Waals surface area contributed by atoms with Crippen molar-refractivity contribution in [2.75, 3.05) is 17.4 Å². The third-order valence-corrected chi connectivity index (χ3v) is 9.59. The molecule has 230 valence electrons. The Morgan fingerprint density at radius 3 is 2.09 bits per heavy atom. The molecule has 9 heteroatoms. The number of carbonyl (C=O) groups excluding carboxylic acids is 2. The Hall–Kier alpha value is -4.14. The zero-order chi connectivity index (χ0) is 31.9. The number of carbonyl (C=O) groups is 2. The first kappa shape index (κ1) is 32.8. The van der Waals surface area contributed by atoms with E-state index in [-0.39, 0.29) is 23.8 Å². The zero-order valence-corrected chi connectivity index (χ0v) is 27.0. The fourth-order valence-electron chi connectivity index (χ4n) is 4.88. The molecule has 1 atom stereocenters. The van der Waals surface area contributed by atoms with Crippen molar-refractivity contribution in [1.29, 1.82) is 0 Å². The minimum Gasteiger partial charge on any atom is -0.355 e. The van der Waals surface area contributed by atoms with E-state index >= 15 is 0 Å². The fraction of sp³-hybridized carbons (Fsp3) is 0.257. The molecule has 0 fully saturated rings. The monoisotopic (exact) mass is 631 g/mol. The van der Waals surface area contributed by atoms with Crippen molar-refractivity contribution in [2.45, 2.75) is 51.6 Å². The Morgan fingerprint density at radius 2 is 1.48 bits per heavy atom. The van der Waals surface area contributed by atoms with E-state index in [2.05, 4.69) is 5.32 Å². The summed E-state index contributed by atoms with van der Waals surface area (Å²) >= 11 is 6.06. The number of anilines is 1. The Bertz CT molecular complexity index is 1690. The Labute approximate surface area is 265 Å². The summed E-state index contributed by atoms with van der Waals surface area (Å²) < 4.78 is 29.4. The lowest BCUT2D eigenvalue weighted by molar-refractivity contribution is -0.140. The third kappa shape index (κ3) is 8.07. The van der Waals surface area contributed by atoms with Gasteiger partial charge in [0.25, 0.3) is 10.0 Å². The number of rotatable bonds is 12. The van der Waals surface area contributed by atoms with Crippen LogP contribution in [-0.2, 0) is 32.6 Å².